The number of carbonyl (C=O) groups excluding carboxylic acids is 1. The molecule has 0 saturated carbocycles. The lowest BCUT2D eigenvalue weighted by Crippen LogP contribution is -2.12. The zero-order chi connectivity index (χ0) is 14.0. The van der Waals surface area contributed by atoms with Crippen molar-refractivity contribution in [2.45, 2.75) is 0 Å². The number of carbonyl (C=O) groups is 1. The van der Waals surface area contributed by atoms with Crippen LogP contribution >= 0.6 is 11.6 Å². The van der Waals surface area contributed by atoms with E-state index >= 15 is 0 Å². The highest BCUT2D eigenvalue weighted by molar-refractivity contribution is 6.32. The van der Waals surface area contributed by atoms with Gasteiger partial charge in [0.15, 0.2) is 0 Å². The summed E-state index contributed by atoms with van der Waals surface area (Å²) in [5.74, 6) is -0.648. The first kappa shape index (κ1) is 12.9. The summed E-state index contributed by atoms with van der Waals surface area (Å²) in [5.41, 5.74) is 0.217. The number of aromatic amines is 1. The summed E-state index contributed by atoms with van der Waals surface area (Å²) in [5, 5.41) is 22.3. The Balaban J connectivity index is 2.15. The number of aromatic nitrogens is 1. The van der Waals surface area contributed by atoms with Crippen molar-refractivity contribution in [3.8, 4) is 5.75 Å². The van der Waals surface area contributed by atoms with Gasteiger partial charge in [0.2, 0.25) is 0 Å². The molecule has 2 aromatic rings. The molecule has 0 fully saturated rings. The molecular formula is C11H8ClN3O4. The Morgan fingerprint density at radius 3 is 2.74 bits per heavy atom. The van der Waals surface area contributed by atoms with Gasteiger partial charge >= 0.3 is 0 Å². The number of nitro groups is 1. The van der Waals surface area contributed by atoms with Gasteiger partial charge in [0.05, 0.1) is 16.1 Å². The van der Waals surface area contributed by atoms with Gasteiger partial charge in [0, 0.05) is 11.8 Å². The Kier molecular flexibility index (Phi) is 3.39. The molecule has 8 heteroatoms. The van der Waals surface area contributed by atoms with Crippen LogP contribution in [0.3, 0.4) is 0 Å². The molecule has 0 radical (unpaired) electrons. The number of hydrogen-bond acceptors (Lipinski definition) is 4. The minimum absolute atomic E-state index is 0.0518. The molecule has 2 rings (SSSR count). The van der Waals surface area contributed by atoms with Gasteiger partial charge in [0.1, 0.15) is 11.4 Å². The molecule has 0 aliphatic rings. The average Bonchev–Trinajstić information content (AvgIpc) is 2.83. The fourth-order valence-corrected chi connectivity index (χ4v) is 1.58. The van der Waals surface area contributed by atoms with Crippen molar-refractivity contribution < 1.29 is 14.8 Å². The van der Waals surface area contributed by atoms with E-state index in [1.807, 2.05) is 0 Å². The van der Waals surface area contributed by atoms with Crippen LogP contribution in [0, 0.1) is 10.1 Å². The van der Waals surface area contributed by atoms with Crippen LogP contribution < -0.4 is 5.32 Å². The summed E-state index contributed by atoms with van der Waals surface area (Å²) >= 11 is 5.69. The maximum atomic E-state index is 11.8. The van der Waals surface area contributed by atoms with E-state index in [0.29, 0.717) is 5.69 Å². The number of aromatic hydroxyl groups is 1. The molecule has 0 aliphatic heterocycles. The lowest BCUT2D eigenvalue weighted by molar-refractivity contribution is -0.384. The maximum absolute atomic E-state index is 11.8. The van der Waals surface area contributed by atoms with Crippen LogP contribution in [0.25, 0.3) is 0 Å². The molecule has 0 saturated heterocycles. The van der Waals surface area contributed by atoms with E-state index in [4.69, 9.17) is 11.6 Å². The van der Waals surface area contributed by atoms with Crippen LogP contribution in [0.5, 0.6) is 5.75 Å². The Morgan fingerprint density at radius 1 is 1.42 bits per heavy atom. The molecule has 7 nitrogen and oxygen atoms in total. The van der Waals surface area contributed by atoms with Gasteiger partial charge in [-0.2, -0.15) is 0 Å². The smallest absolute Gasteiger partial charge is 0.287 e. The Bertz CT molecular complexity index is 653. The molecule has 1 heterocycles. The molecule has 0 unspecified atom stereocenters. The second kappa shape index (κ2) is 4.99. The lowest BCUT2D eigenvalue weighted by atomic mass is 10.3. The number of rotatable bonds is 3. The molecule has 98 valence electrons. The van der Waals surface area contributed by atoms with Gasteiger partial charge in [-0.3, -0.25) is 14.9 Å². The summed E-state index contributed by atoms with van der Waals surface area (Å²) in [6, 6.07) is 5.27. The molecule has 0 bridgehead atoms. The van der Waals surface area contributed by atoms with Crippen molar-refractivity contribution in [1.82, 2.24) is 4.98 Å². The van der Waals surface area contributed by atoms with E-state index in [0.717, 1.165) is 12.3 Å². The van der Waals surface area contributed by atoms with Gasteiger partial charge in [-0.15, -0.1) is 0 Å². The molecule has 1 aromatic carbocycles. The van der Waals surface area contributed by atoms with Crippen LogP contribution in [-0.2, 0) is 0 Å². The number of nitrogens with zero attached hydrogens (tertiary/aromatic N) is 1. The number of H-pyrrole nitrogens is 1. The highest BCUT2D eigenvalue weighted by atomic mass is 35.5. The Morgan fingerprint density at radius 2 is 2.16 bits per heavy atom. The Labute approximate surface area is 112 Å². The summed E-state index contributed by atoms with van der Waals surface area (Å²) in [6.45, 7) is 0. The summed E-state index contributed by atoms with van der Waals surface area (Å²) < 4.78 is 0. The molecule has 19 heavy (non-hydrogen) atoms. The Hall–Kier alpha value is -2.54. The normalized spacial score (nSPS) is 10.2. The number of benzene rings is 1. The third-order valence-corrected chi connectivity index (χ3v) is 2.63. The number of anilines is 1. The van der Waals surface area contributed by atoms with Gasteiger partial charge < -0.3 is 15.4 Å². The number of halogens is 1. The fraction of sp³-hybridized carbons (Fsp3) is 0. The van der Waals surface area contributed by atoms with E-state index in [9.17, 15) is 20.0 Å². The highest BCUT2D eigenvalue weighted by Gasteiger charge is 2.14. The van der Waals surface area contributed by atoms with Crippen LogP contribution in [-0.4, -0.2) is 20.9 Å². The van der Waals surface area contributed by atoms with Crippen molar-refractivity contribution in [1.29, 1.82) is 0 Å². The van der Waals surface area contributed by atoms with E-state index < -0.39 is 10.8 Å². The second-order valence-corrected chi connectivity index (χ2v) is 4.06. The van der Waals surface area contributed by atoms with E-state index in [-0.39, 0.29) is 22.2 Å². The van der Waals surface area contributed by atoms with E-state index in [1.165, 1.54) is 18.2 Å². The number of amides is 1. The topological polar surface area (TPSA) is 108 Å². The molecule has 0 spiro atoms. The van der Waals surface area contributed by atoms with Crippen molar-refractivity contribution in [3.05, 3.63) is 51.3 Å². The van der Waals surface area contributed by atoms with Crippen molar-refractivity contribution >= 4 is 28.9 Å². The lowest BCUT2D eigenvalue weighted by Gasteiger charge is -2.04. The van der Waals surface area contributed by atoms with Crippen LogP contribution in [0.4, 0.5) is 11.4 Å². The average molecular weight is 282 g/mol. The van der Waals surface area contributed by atoms with Crippen molar-refractivity contribution in [2.24, 2.45) is 0 Å². The number of phenolic OH excluding ortho intramolecular Hbond substituents is 1. The van der Waals surface area contributed by atoms with E-state index in [1.54, 1.807) is 0 Å². The minimum atomic E-state index is -0.606. The standard InChI is InChI=1S/C11H8ClN3O4/c12-8-3-6(1-2-10(8)16)14-11(17)9-4-7(5-13-9)15(18)19/h1-5,13,16H,(H,14,17). The summed E-state index contributed by atoms with van der Waals surface area (Å²) in [6.07, 6.45) is 1.12. The molecule has 1 aromatic heterocycles. The van der Waals surface area contributed by atoms with Gasteiger partial charge in [0.25, 0.3) is 11.6 Å². The molecular weight excluding hydrogens is 274 g/mol. The third-order valence-electron chi connectivity index (χ3n) is 2.33. The molecule has 0 aliphatic carbocycles. The predicted molar refractivity (Wildman–Crippen MR) is 68.5 cm³/mol. The van der Waals surface area contributed by atoms with Crippen LogP contribution in [0.2, 0.25) is 5.02 Å². The first-order chi connectivity index (χ1) is 8.97. The number of hydrogen-bond donors (Lipinski definition) is 3. The quantitative estimate of drug-likeness (QED) is 0.456. The van der Waals surface area contributed by atoms with Crippen LogP contribution in [0.1, 0.15) is 10.5 Å². The summed E-state index contributed by atoms with van der Waals surface area (Å²) in [7, 11) is 0. The highest BCUT2D eigenvalue weighted by Crippen LogP contribution is 2.26. The SMILES string of the molecule is O=C(Nc1ccc(O)c(Cl)c1)c1cc([N+](=O)[O-])c[nH]1. The third kappa shape index (κ3) is 2.83. The first-order valence-electron chi connectivity index (χ1n) is 5.10. The van der Waals surface area contributed by atoms with Crippen molar-refractivity contribution in [3.63, 3.8) is 0 Å². The summed E-state index contributed by atoms with van der Waals surface area (Å²) in [4.78, 5) is 24.2. The van der Waals surface area contributed by atoms with Gasteiger partial charge in [-0.1, -0.05) is 11.6 Å². The number of nitrogens with one attached hydrogen (secondary N) is 2. The van der Waals surface area contributed by atoms with Crippen molar-refractivity contribution in [2.75, 3.05) is 5.32 Å². The molecule has 0 atom stereocenters. The second-order valence-electron chi connectivity index (χ2n) is 3.65. The first-order valence-corrected chi connectivity index (χ1v) is 5.48. The predicted octanol–water partition coefficient (Wildman–Crippen LogP) is 2.53. The molecule has 1 amide bonds. The maximum Gasteiger partial charge on any atom is 0.287 e. The molecule has 3 N–H and O–H groups in total. The van der Waals surface area contributed by atoms with Gasteiger partial charge in [-0.25, -0.2) is 0 Å². The van der Waals surface area contributed by atoms with E-state index in [2.05, 4.69) is 10.3 Å². The minimum Gasteiger partial charge on any atom is -0.506 e. The zero-order valence-corrected chi connectivity index (χ0v) is 10.1. The number of phenols is 1. The monoisotopic (exact) mass is 281 g/mol. The van der Waals surface area contributed by atoms with Gasteiger partial charge in [-0.05, 0) is 18.2 Å². The van der Waals surface area contributed by atoms with Crippen LogP contribution in [0.15, 0.2) is 30.5 Å². The fourth-order valence-electron chi connectivity index (χ4n) is 1.40. The zero-order valence-electron chi connectivity index (χ0n) is 9.38. The largest absolute Gasteiger partial charge is 0.506 e.